The van der Waals surface area contributed by atoms with Crippen molar-refractivity contribution in [3.05, 3.63) is 65.2 Å². The molecule has 0 bridgehead atoms. The second-order valence-corrected chi connectivity index (χ2v) is 8.59. The van der Waals surface area contributed by atoms with E-state index in [4.69, 9.17) is 14.2 Å². The molecule has 0 unspecified atom stereocenters. The van der Waals surface area contributed by atoms with Crippen LogP contribution in [0.1, 0.15) is 36.8 Å². The fourth-order valence-corrected chi connectivity index (χ4v) is 3.83. The first-order chi connectivity index (χ1) is 16.4. The molecule has 0 saturated heterocycles. The van der Waals surface area contributed by atoms with E-state index in [2.05, 4.69) is 15.6 Å². The van der Waals surface area contributed by atoms with Crippen LogP contribution < -0.4 is 20.1 Å². The minimum absolute atomic E-state index is 0.00818. The van der Waals surface area contributed by atoms with Gasteiger partial charge in [-0.1, -0.05) is 26.0 Å². The summed E-state index contributed by atoms with van der Waals surface area (Å²) in [6.07, 6.45) is 0. The Hall–Kier alpha value is -3.59. The highest BCUT2D eigenvalue weighted by Crippen LogP contribution is 2.23. The predicted octanol–water partition coefficient (Wildman–Crippen LogP) is 4.79. The number of carbonyl (C=O) groups excluding carboxylic acids is 2. The number of carbonyl (C=O) groups is 2. The van der Waals surface area contributed by atoms with Gasteiger partial charge in [-0.2, -0.15) is 0 Å². The number of anilines is 2. The molecule has 3 rings (SSSR count). The van der Waals surface area contributed by atoms with Crippen LogP contribution in [0.5, 0.6) is 11.5 Å². The summed E-state index contributed by atoms with van der Waals surface area (Å²) in [6, 6.07) is 13.6. The van der Waals surface area contributed by atoms with Crippen LogP contribution >= 0.6 is 11.3 Å². The van der Waals surface area contributed by atoms with Gasteiger partial charge in [-0.25, -0.2) is 9.78 Å². The number of nitrogens with zero attached hydrogens (tertiary/aromatic N) is 1. The van der Waals surface area contributed by atoms with Crippen molar-refractivity contribution >= 4 is 34.0 Å². The molecule has 1 heterocycles. The van der Waals surface area contributed by atoms with Gasteiger partial charge in [-0.05, 0) is 49.2 Å². The number of para-hydroxylation sites is 1. The Morgan fingerprint density at radius 3 is 2.50 bits per heavy atom. The summed E-state index contributed by atoms with van der Waals surface area (Å²) in [5, 5.41) is 8.49. The molecule has 1 amide bonds. The van der Waals surface area contributed by atoms with Crippen molar-refractivity contribution in [1.29, 1.82) is 0 Å². The molecule has 180 valence electrons. The lowest BCUT2D eigenvalue weighted by Crippen LogP contribution is -2.45. The van der Waals surface area contributed by atoms with Crippen molar-refractivity contribution < 1.29 is 23.8 Å². The largest absolute Gasteiger partial charge is 0.497 e. The number of rotatable bonds is 11. The standard InChI is InChI=1S/C25H29N3O5S/c1-5-32-21-9-7-6-8-20(21)23(29)28-22(16(2)3)24(30)33-14-18-15-34-25(27-18)26-17-10-12-19(31-4)13-11-17/h6-13,15-16,22H,5,14H2,1-4H3,(H,26,27)(H,28,29)/t22-/m0/s1. The lowest BCUT2D eigenvalue weighted by Gasteiger charge is -2.21. The Morgan fingerprint density at radius 2 is 1.82 bits per heavy atom. The lowest BCUT2D eigenvalue weighted by atomic mass is 10.0. The maximum Gasteiger partial charge on any atom is 0.329 e. The first-order valence-electron chi connectivity index (χ1n) is 11.0. The van der Waals surface area contributed by atoms with Crippen molar-refractivity contribution in [2.75, 3.05) is 19.0 Å². The molecule has 9 heteroatoms. The van der Waals surface area contributed by atoms with Crippen LogP contribution in [0.4, 0.5) is 10.8 Å². The van der Waals surface area contributed by atoms with Gasteiger partial charge in [-0.3, -0.25) is 4.79 Å². The Bertz CT molecular complexity index is 1100. The quantitative estimate of drug-likeness (QED) is 0.378. The molecule has 8 nitrogen and oxygen atoms in total. The zero-order chi connectivity index (χ0) is 24.5. The predicted molar refractivity (Wildman–Crippen MR) is 132 cm³/mol. The van der Waals surface area contributed by atoms with Crippen LogP contribution in [0.15, 0.2) is 53.9 Å². The van der Waals surface area contributed by atoms with Gasteiger partial charge in [0.1, 0.15) is 24.1 Å². The SMILES string of the molecule is CCOc1ccccc1C(=O)N[C@H](C(=O)OCc1csc(Nc2ccc(OC)cc2)n1)C(C)C. The summed E-state index contributed by atoms with van der Waals surface area (Å²) in [7, 11) is 1.62. The van der Waals surface area contributed by atoms with E-state index in [1.165, 1.54) is 11.3 Å². The van der Waals surface area contributed by atoms with Crippen molar-refractivity contribution in [2.24, 2.45) is 5.92 Å². The average molecular weight is 484 g/mol. The molecular formula is C25H29N3O5S. The number of aromatic nitrogens is 1. The normalized spacial score (nSPS) is 11.6. The maximum atomic E-state index is 12.8. The molecule has 2 N–H and O–H groups in total. The number of methoxy groups -OCH3 is 1. The Morgan fingerprint density at radius 1 is 1.09 bits per heavy atom. The number of ether oxygens (including phenoxy) is 3. The zero-order valence-corrected chi connectivity index (χ0v) is 20.5. The molecular weight excluding hydrogens is 454 g/mol. The summed E-state index contributed by atoms with van der Waals surface area (Å²) in [6.45, 7) is 5.98. The van der Waals surface area contributed by atoms with Crippen LogP contribution in [-0.2, 0) is 16.1 Å². The molecule has 1 aromatic heterocycles. The number of thiazole rings is 1. The average Bonchev–Trinajstić information content (AvgIpc) is 3.29. The Kier molecular flexibility index (Phi) is 8.86. The highest BCUT2D eigenvalue weighted by molar-refractivity contribution is 7.13. The van der Waals surface area contributed by atoms with Gasteiger partial charge in [0.05, 0.1) is 25.0 Å². The van der Waals surface area contributed by atoms with Gasteiger partial charge in [0, 0.05) is 11.1 Å². The van der Waals surface area contributed by atoms with Crippen molar-refractivity contribution in [3.8, 4) is 11.5 Å². The minimum Gasteiger partial charge on any atom is -0.497 e. The Balaban J connectivity index is 1.58. The number of hydrogen-bond donors (Lipinski definition) is 2. The lowest BCUT2D eigenvalue weighted by molar-refractivity contribution is -0.148. The first kappa shape index (κ1) is 25.0. The van der Waals surface area contributed by atoms with Gasteiger partial charge >= 0.3 is 5.97 Å². The van der Waals surface area contributed by atoms with Gasteiger partial charge < -0.3 is 24.8 Å². The van der Waals surface area contributed by atoms with Gasteiger partial charge in [0.25, 0.3) is 5.91 Å². The molecule has 0 aliphatic carbocycles. The summed E-state index contributed by atoms with van der Waals surface area (Å²) in [5.74, 6) is 0.163. The van der Waals surface area contributed by atoms with Gasteiger partial charge in [0.15, 0.2) is 5.13 Å². The summed E-state index contributed by atoms with van der Waals surface area (Å²) in [5.41, 5.74) is 1.86. The maximum absolute atomic E-state index is 12.8. The van der Waals surface area contributed by atoms with E-state index < -0.39 is 12.0 Å². The van der Waals surface area contributed by atoms with Crippen molar-refractivity contribution in [3.63, 3.8) is 0 Å². The van der Waals surface area contributed by atoms with Gasteiger partial charge in [-0.15, -0.1) is 11.3 Å². The van der Waals surface area contributed by atoms with Crippen molar-refractivity contribution in [2.45, 2.75) is 33.4 Å². The second kappa shape index (κ2) is 12.0. The van der Waals surface area contributed by atoms with Crippen LogP contribution in [0, 0.1) is 5.92 Å². The van der Waals surface area contributed by atoms with E-state index in [-0.39, 0.29) is 18.4 Å². The molecule has 0 fully saturated rings. The van der Waals surface area contributed by atoms with E-state index >= 15 is 0 Å². The third-order valence-electron chi connectivity index (χ3n) is 4.89. The summed E-state index contributed by atoms with van der Waals surface area (Å²) in [4.78, 5) is 30.1. The fourth-order valence-electron chi connectivity index (χ4n) is 3.12. The third-order valence-corrected chi connectivity index (χ3v) is 5.70. The highest BCUT2D eigenvalue weighted by Gasteiger charge is 2.27. The van der Waals surface area contributed by atoms with Gasteiger partial charge in [0.2, 0.25) is 0 Å². The Labute approximate surface area is 203 Å². The molecule has 0 aliphatic rings. The summed E-state index contributed by atoms with van der Waals surface area (Å²) >= 11 is 1.41. The smallest absolute Gasteiger partial charge is 0.329 e. The molecule has 34 heavy (non-hydrogen) atoms. The zero-order valence-electron chi connectivity index (χ0n) is 19.7. The third kappa shape index (κ3) is 6.71. The van der Waals surface area contributed by atoms with E-state index in [1.807, 2.05) is 50.4 Å². The van der Waals surface area contributed by atoms with E-state index in [9.17, 15) is 9.59 Å². The number of benzene rings is 2. The highest BCUT2D eigenvalue weighted by atomic mass is 32.1. The molecule has 0 spiro atoms. The number of nitrogens with one attached hydrogen (secondary N) is 2. The topological polar surface area (TPSA) is 98.8 Å². The number of esters is 1. The summed E-state index contributed by atoms with van der Waals surface area (Å²) < 4.78 is 16.2. The van der Waals surface area contributed by atoms with Crippen LogP contribution in [0.2, 0.25) is 0 Å². The molecule has 0 aliphatic heterocycles. The fraction of sp³-hybridized carbons (Fsp3) is 0.320. The molecule has 2 aromatic carbocycles. The molecule has 0 radical (unpaired) electrons. The van der Waals surface area contributed by atoms with Crippen LogP contribution in [0.25, 0.3) is 0 Å². The van der Waals surface area contributed by atoms with E-state index in [0.717, 1.165) is 11.4 Å². The molecule has 1 atom stereocenters. The van der Waals surface area contributed by atoms with Crippen molar-refractivity contribution in [1.82, 2.24) is 10.3 Å². The van der Waals surface area contributed by atoms with E-state index in [1.54, 1.807) is 31.4 Å². The van der Waals surface area contributed by atoms with E-state index in [0.29, 0.717) is 28.7 Å². The minimum atomic E-state index is -0.808. The second-order valence-electron chi connectivity index (χ2n) is 7.73. The van der Waals surface area contributed by atoms with Crippen LogP contribution in [-0.4, -0.2) is 36.6 Å². The molecule has 0 saturated carbocycles. The monoisotopic (exact) mass is 483 g/mol. The number of hydrogen-bond acceptors (Lipinski definition) is 8. The number of amides is 1. The first-order valence-corrected chi connectivity index (χ1v) is 11.8. The van der Waals surface area contributed by atoms with Crippen LogP contribution in [0.3, 0.4) is 0 Å². The molecule has 3 aromatic rings.